The van der Waals surface area contributed by atoms with Crippen LogP contribution in [0.3, 0.4) is 0 Å². The maximum Gasteiger partial charge on any atom is 0.224 e. The predicted molar refractivity (Wildman–Crippen MR) is 92.5 cm³/mol. The molecular formula is C17H29N5O3. The van der Waals surface area contributed by atoms with E-state index < -0.39 is 6.10 Å². The van der Waals surface area contributed by atoms with Crippen LogP contribution in [0, 0.1) is 0 Å². The Balaban J connectivity index is 1.53. The van der Waals surface area contributed by atoms with Gasteiger partial charge >= 0.3 is 0 Å². The molecule has 3 rings (SSSR count). The minimum absolute atomic E-state index is 0.150. The molecule has 0 spiro atoms. The van der Waals surface area contributed by atoms with Crippen LogP contribution in [0.2, 0.25) is 0 Å². The zero-order valence-electron chi connectivity index (χ0n) is 15.2. The number of hydrogen-bond acceptors (Lipinski definition) is 6. The fourth-order valence-electron chi connectivity index (χ4n) is 3.31. The average molecular weight is 351 g/mol. The van der Waals surface area contributed by atoms with Crippen molar-refractivity contribution in [2.45, 2.75) is 38.5 Å². The molecule has 1 N–H and O–H groups in total. The number of hydrogen-bond donors (Lipinski definition) is 1. The van der Waals surface area contributed by atoms with Crippen LogP contribution in [0.5, 0.6) is 0 Å². The van der Waals surface area contributed by atoms with Crippen LogP contribution in [-0.2, 0) is 22.7 Å². The second kappa shape index (κ2) is 8.27. The molecule has 1 fully saturated rings. The molecule has 2 aliphatic rings. The zero-order chi connectivity index (χ0) is 17.8. The molecule has 1 saturated heterocycles. The number of aromatic nitrogens is 2. The number of amides is 1. The molecule has 1 amide bonds. The van der Waals surface area contributed by atoms with Crippen molar-refractivity contribution >= 4 is 5.91 Å². The van der Waals surface area contributed by atoms with Crippen LogP contribution in [-0.4, -0.2) is 82.5 Å². The van der Waals surface area contributed by atoms with Crippen molar-refractivity contribution in [3.8, 4) is 0 Å². The van der Waals surface area contributed by atoms with E-state index in [0.29, 0.717) is 44.8 Å². The van der Waals surface area contributed by atoms with E-state index in [-0.39, 0.29) is 5.91 Å². The third-order valence-corrected chi connectivity index (χ3v) is 4.70. The van der Waals surface area contributed by atoms with Gasteiger partial charge in [-0.15, -0.1) is 0 Å². The van der Waals surface area contributed by atoms with E-state index in [1.165, 1.54) is 0 Å². The third-order valence-electron chi connectivity index (χ3n) is 4.70. The van der Waals surface area contributed by atoms with Crippen molar-refractivity contribution in [2.75, 3.05) is 46.9 Å². The van der Waals surface area contributed by atoms with E-state index in [9.17, 15) is 9.90 Å². The van der Waals surface area contributed by atoms with Crippen molar-refractivity contribution in [1.29, 1.82) is 0 Å². The van der Waals surface area contributed by atoms with Gasteiger partial charge in [-0.2, -0.15) is 10.2 Å². The maximum absolute atomic E-state index is 12.5. The predicted octanol–water partition coefficient (Wildman–Crippen LogP) is 0.238. The Morgan fingerprint density at radius 2 is 2.20 bits per heavy atom. The summed E-state index contributed by atoms with van der Waals surface area (Å²) in [5.74, 6) is 0.150. The van der Waals surface area contributed by atoms with Gasteiger partial charge in [-0.05, 0) is 33.0 Å². The molecule has 1 aromatic heterocycles. The molecule has 0 radical (unpaired) electrons. The van der Waals surface area contributed by atoms with Gasteiger partial charge in [0.05, 0.1) is 31.1 Å². The summed E-state index contributed by atoms with van der Waals surface area (Å²) in [7, 11) is 3.84. The quantitative estimate of drug-likeness (QED) is 0.791. The second-order valence-corrected chi connectivity index (χ2v) is 7.10. The van der Waals surface area contributed by atoms with Crippen LogP contribution in [0.1, 0.15) is 36.8 Å². The highest BCUT2D eigenvalue weighted by atomic mass is 16.7. The first-order valence-corrected chi connectivity index (χ1v) is 9.08. The van der Waals surface area contributed by atoms with E-state index in [0.717, 1.165) is 31.7 Å². The molecule has 0 saturated carbocycles. The molecule has 0 aliphatic carbocycles. The minimum Gasteiger partial charge on any atom is -0.385 e. The summed E-state index contributed by atoms with van der Waals surface area (Å²) in [4.78, 5) is 21.9. The second-order valence-electron chi connectivity index (χ2n) is 7.10. The van der Waals surface area contributed by atoms with Crippen molar-refractivity contribution in [1.82, 2.24) is 24.6 Å². The molecular weight excluding hydrogens is 322 g/mol. The van der Waals surface area contributed by atoms with Gasteiger partial charge in [0.1, 0.15) is 6.10 Å². The summed E-state index contributed by atoms with van der Waals surface area (Å²) >= 11 is 0. The summed E-state index contributed by atoms with van der Waals surface area (Å²) in [6, 6.07) is 1.92. The van der Waals surface area contributed by atoms with Gasteiger partial charge in [0, 0.05) is 32.6 Å². The molecule has 0 aromatic carbocycles. The highest BCUT2D eigenvalue weighted by Crippen LogP contribution is 2.19. The van der Waals surface area contributed by atoms with Gasteiger partial charge < -0.3 is 14.9 Å². The van der Waals surface area contributed by atoms with Crippen LogP contribution in [0.15, 0.2) is 6.07 Å². The van der Waals surface area contributed by atoms with Gasteiger partial charge in [-0.3, -0.25) is 14.3 Å². The fourth-order valence-corrected chi connectivity index (χ4v) is 3.31. The SMILES string of the molecule is CN(C)CC(O)c1cc2n(n1)CCN(C(=O)CCN1CCCCO1)C2. The number of aliphatic hydroxyl groups is 1. The monoisotopic (exact) mass is 351 g/mol. The van der Waals surface area contributed by atoms with Crippen LogP contribution >= 0.6 is 0 Å². The molecule has 1 unspecified atom stereocenters. The number of rotatable bonds is 6. The van der Waals surface area contributed by atoms with Crippen molar-refractivity contribution in [3.05, 3.63) is 17.5 Å². The Bertz CT molecular complexity index is 583. The first-order chi connectivity index (χ1) is 12.0. The molecule has 2 aliphatic heterocycles. The number of hydroxylamine groups is 2. The summed E-state index contributed by atoms with van der Waals surface area (Å²) < 4.78 is 1.91. The maximum atomic E-state index is 12.5. The zero-order valence-corrected chi connectivity index (χ0v) is 15.2. The highest BCUT2D eigenvalue weighted by molar-refractivity contribution is 5.76. The summed E-state index contributed by atoms with van der Waals surface area (Å²) in [5, 5.41) is 16.6. The van der Waals surface area contributed by atoms with E-state index in [1.807, 2.05) is 39.7 Å². The van der Waals surface area contributed by atoms with Crippen LogP contribution in [0.4, 0.5) is 0 Å². The fraction of sp³-hybridized carbons (Fsp3) is 0.765. The first-order valence-electron chi connectivity index (χ1n) is 9.08. The molecule has 140 valence electrons. The van der Waals surface area contributed by atoms with Gasteiger partial charge in [0.15, 0.2) is 0 Å². The molecule has 1 atom stereocenters. The Kier molecular flexibility index (Phi) is 6.06. The number of carbonyl (C=O) groups is 1. The normalized spacial score (nSPS) is 19.9. The van der Waals surface area contributed by atoms with Gasteiger partial charge in [-0.25, -0.2) is 0 Å². The topological polar surface area (TPSA) is 74.1 Å². The standard InChI is InChI=1S/C17H29N5O3/c1-19(2)13-16(23)15-11-14-12-20(8-9-22(14)18-15)17(24)5-7-21-6-3-4-10-25-21/h11,16,23H,3-10,12-13H2,1-2H3. The molecule has 3 heterocycles. The lowest BCUT2D eigenvalue weighted by Crippen LogP contribution is -2.40. The molecule has 1 aromatic rings. The van der Waals surface area contributed by atoms with Gasteiger partial charge in [-0.1, -0.05) is 0 Å². The number of aliphatic hydroxyl groups excluding tert-OH is 1. The largest absolute Gasteiger partial charge is 0.385 e. The van der Waals surface area contributed by atoms with Gasteiger partial charge in [0.2, 0.25) is 5.91 Å². The summed E-state index contributed by atoms with van der Waals surface area (Å²) in [6.45, 7) is 4.76. The molecule has 8 nitrogen and oxygen atoms in total. The van der Waals surface area contributed by atoms with E-state index in [1.54, 1.807) is 0 Å². The first kappa shape index (κ1) is 18.3. The van der Waals surface area contributed by atoms with E-state index >= 15 is 0 Å². The Hall–Kier alpha value is -1.48. The number of fused-ring (bicyclic) bond motifs is 1. The lowest BCUT2D eigenvalue weighted by molar-refractivity contribution is -0.182. The summed E-state index contributed by atoms with van der Waals surface area (Å²) in [6.07, 6.45) is 2.11. The lowest BCUT2D eigenvalue weighted by atomic mass is 10.2. The minimum atomic E-state index is -0.603. The average Bonchev–Trinajstić information content (AvgIpc) is 3.03. The van der Waals surface area contributed by atoms with Gasteiger partial charge in [0.25, 0.3) is 0 Å². The molecule has 0 bridgehead atoms. The van der Waals surface area contributed by atoms with Crippen LogP contribution in [0.25, 0.3) is 0 Å². The third kappa shape index (κ3) is 4.78. The molecule has 8 heteroatoms. The Labute approximate surface area is 148 Å². The van der Waals surface area contributed by atoms with E-state index in [4.69, 9.17) is 4.84 Å². The smallest absolute Gasteiger partial charge is 0.224 e. The number of likely N-dealkylation sites (N-methyl/N-ethyl adjacent to an activating group) is 1. The molecule has 25 heavy (non-hydrogen) atoms. The summed E-state index contributed by atoms with van der Waals surface area (Å²) in [5.41, 5.74) is 1.67. The van der Waals surface area contributed by atoms with Crippen molar-refractivity contribution in [2.24, 2.45) is 0 Å². The lowest BCUT2D eigenvalue weighted by Gasteiger charge is -2.30. The Morgan fingerprint density at radius 1 is 1.36 bits per heavy atom. The number of carbonyl (C=O) groups excluding carboxylic acids is 1. The Morgan fingerprint density at radius 3 is 2.92 bits per heavy atom. The number of nitrogens with zero attached hydrogens (tertiary/aromatic N) is 5. The van der Waals surface area contributed by atoms with Crippen molar-refractivity contribution < 1.29 is 14.7 Å². The van der Waals surface area contributed by atoms with Crippen molar-refractivity contribution in [3.63, 3.8) is 0 Å². The van der Waals surface area contributed by atoms with E-state index in [2.05, 4.69) is 5.10 Å². The van der Waals surface area contributed by atoms with Crippen LogP contribution < -0.4 is 0 Å². The highest BCUT2D eigenvalue weighted by Gasteiger charge is 2.24.